The van der Waals surface area contributed by atoms with E-state index in [1.54, 1.807) is 11.5 Å². The van der Waals surface area contributed by atoms with Crippen LogP contribution >= 0.6 is 0 Å². The number of imidazole rings is 1. The molecule has 2 N–H and O–H groups in total. The van der Waals surface area contributed by atoms with Gasteiger partial charge in [-0.15, -0.1) is 0 Å². The molecule has 2 heterocycles. The zero-order valence-corrected chi connectivity index (χ0v) is 12.8. The number of hydrogen-bond acceptors (Lipinski definition) is 6. The average Bonchev–Trinajstić information content (AvgIpc) is 2.92. The zero-order valence-electron chi connectivity index (χ0n) is 12.8. The van der Waals surface area contributed by atoms with E-state index in [1.165, 1.54) is 0 Å². The molecule has 2 aromatic rings. The Labute approximate surface area is 123 Å². The Morgan fingerprint density at radius 1 is 1.33 bits per heavy atom. The summed E-state index contributed by atoms with van der Waals surface area (Å²) in [5.41, 5.74) is 7.02. The van der Waals surface area contributed by atoms with Gasteiger partial charge in [-0.3, -0.25) is 0 Å². The van der Waals surface area contributed by atoms with E-state index in [9.17, 15) is 4.79 Å². The van der Waals surface area contributed by atoms with Crippen molar-refractivity contribution in [3.05, 3.63) is 28.9 Å². The fourth-order valence-electron chi connectivity index (χ4n) is 2.05. The highest BCUT2D eigenvalue weighted by atomic mass is 16.5. The molecule has 21 heavy (non-hydrogen) atoms. The summed E-state index contributed by atoms with van der Waals surface area (Å²) in [4.78, 5) is 20.4. The Kier molecular flexibility index (Phi) is 4.30. The molecule has 0 aliphatic rings. The largest absolute Gasteiger partial charge is 0.461 e. The van der Waals surface area contributed by atoms with Crippen molar-refractivity contribution in [1.29, 1.82) is 0 Å². The molecule has 0 aliphatic carbocycles. The van der Waals surface area contributed by atoms with Gasteiger partial charge in [0.25, 0.3) is 0 Å². The van der Waals surface area contributed by atoms with Gasteiger partial charge >= 0.3 is 5.97 Å². The van der Waals surface area contributed by atoms with Crippen LogP contribution in [0.3, 0.4) is 0 Å². The highest BCUT2D eigenvalue weighted by Gasteiger charge is 2.22. The van der Waals surface area contributed by atoms with Gasteiger partial charge in [-0.1, -0.05) is 6.92 Å². The number of carbonyl (C=O) groups is 1. The molecule has 0 aromatic carbocycles. The van der Waals surface area contributed by atoms with Crippen molar-refractivity contribution < 1.29 is 13.9 Å². The molecule has 0 saturated carbocycles. The monoisotopic (exact) mass is 292 g/mol. The molecule has 0 aliphatic heterocycles. The number of nitrogens with zero attached hydrogens (tertiary/aromatic N) is 3. The quantitative estimate of drug-likeness (QED) is 0.845. The number of nitrogens with two attached hydrogens (primary N) is 1. The normalized spacial score (nSPS) is 10.9. The summed E-state index contributed by atoms with van der Waals surface area (Å²) in [7, 11) is 0. The van der Waals surface area contributed by atoms with E-state index in [2.05, 4.69) is 9.97 Å². The molecule has 7 nitrogen and oxygen atoms in total. The standard InChI is InChI=1S/C14H20N4O3/c1-5-10-17-12(14(19)20-6-2)13(15)18(10)7-11-16-8(3)9(4)21-11/h5-7,15H2,1-4H3. The number of hydrogen-bond donors (Lipinski definition) is 1. The van der Waals surface area contributed by atoms with Gasteiger partial charge in [-0.05, 0) is 20.8 Å². The van der Waals surface area contributed by atoms with Gasteiger partial charge in [-0.25, -0.2) is 14.8 Å². The molecule has 0 unspecified atom stereocenters. The van der Waals surface area contributed by atoms with Gasteiger partial charge in [0, 0.05) is 6.42 Å². The van der Waals surface area contributed by atoms with Gasteiger partial charge in [0.05, 0.1) is 12.3 Å². The molecule has 2 aromatic heterocycles. The maximum absolute atomic E-state index is 11.8. The molecule has 2 rings (SSSR count). The second kappa shape index (κ2) is 5.99. The predicted molar refractivity (Wildman–Crippen MR) is 77.1 cm³/mol. The van der Waals surface area contributed by atoms with Gasteiger partial charge in [0.1, 0.15) is 23.9 Å². The Morgan fingerprint density at radius 2 is 2.05 bits per heavy atom. The first-order valence-corrected chi connectivity index (χ1v) is 6.92. The third kappa shape index (κ3) is 2.91. The summed E-state index contributed by atoms with van der Waals surface area (Å²) in [6.07, 6.45) is 0.641. The minimum absolute atomic E-state index is 0.147. The van der Waals surface area contributed by atoms with Crippen LogP contribution in [0.2, 0.25) is 0 Å². The first-order chi connectivity index (χ1) is 9.97. The first-order valence-electron chi connectivity index (χ1n) is 6.92. The summed E-state index contributed by atoms with van der Waals surface area (Å²) in [5, 5.41) is 0. The minimum Gasteiger partial charge on any atom is -0.461 e. The van der Waals surface area contributed by atoms with E-state index in [-0.39, 0.29) is 18.1 Å². The predicted octanol–water partition coefficient (Wildman–Crippen LogP) is 1.86. The van der Waals surface area contributed by atoms with Crippen LogP contribution in [0, 0.1) is 13.8 Å². The Hall–Kier alpha value is -2.31. The summed E-state index contributed by atoms with van der Waals surface area (Å²) in [6.45, 7) is 8.04. The van der Waals surface area contributed by atoms with Crippen LogP contribution in [0.5, 0.6) is 0 Å². The maximum atomic E-state index is 11.8. The first kappa shape index (κ1) is 15.1. The van der Waals surface area contributed by atoms with Gasteiger partial charge in [0.15, 0.2) is 5.69 Å². The number of rotatable bonds is 5. The lowest BCUT2D eigenvalue weighted by Crippen LogP contribution is -2.11. The molecular weight excluding hydrogens is 272 g/mol. The summed E-state index contributed by atoms with van der Waals surface area (Å²) < 4.78 is 12.3. The van der Waals surface area contributed by atoms with Crippen LogP contribution in [-0.4, -0.2) is 27.1 Å². The highest BCUT2D eigenvalue weighted by molar-refractivity contribution is 5.92. The summed E-state index contributed by atoms with van der Waals surface area (Å²) in [6, 6.07) is 0. The molecule has 0 bridgehead atoms. The molecule has 0 saturated heterocycles. The van der Waals surface area contributed by atoms with Crippen LogP contribution in [0.15, 0.2) is 4.42 Å². The molecular formula is C14H20N4O3. The fourth-order valence-corrected chi connectivity index (χ4v) is 2.05. The number of esters is 1. The molecule has 0 atom stereocenters. The van der Waals surface area contributed by atoms with Gasteiger partial charge < -0.3 is 19.5 Å². The van der Waals surface area contributed by atoms with E-state index in [0.717, 1.165) is 11.5 Å². The number of aromatic nitrogens is 3. The molecule has 0 radical (unpaired) electrons. The lowest BCUT2D eigenvalue weighted by molar-refractivity contribution is 0.0521. The molecule has 114 valence electrons. The maximum Gasteiger partial charge on any atom is 0.360 e. The molecule has 0 amide bonds. The van der Waals surface area contributed by atoms with Crippen molar-refractivity contribution in [3.63, 3.8) is 0 Å². The number of aryl methyl sites for hydroxylation is 3. The number of anilines is 1. The second-order valence-electron chi connectivity index (χ2n) is 4.67. The van der Waals surface area contributed by atoms with Crippen LogP contribution in [0.4, 0.5) is 5.82 Å². The third-order valence-corrected chi connectivity index (χ3v) is 3.24. The van der Waals surface area contributed by atoms with E-state index in [4.69, 9.17) is 14.9 Å². The van der Waals surface area contributed by atoms with Crippen molar-refractivity contribution in [2.75, 3.05) is 12.3 Å². The van der Waals surface area contributed by atoms with Crippen LogP contribution in [-0.2, 0) is 17.7 Å². The van der Waals surface area contributed by atoms with E-state index < -0.39 is 5.97 Å². The van der Waals surface area contributed by atoms with Crippen LogP contribution in [0.25, 0.3) is 0 Å². The second-order valence-corrected chi connectivity index (χ2v) is 4.67. The Bertz CT molecular complexity index is 638. The molecule has 7 heteroatoms. The Morgan fingerprint density at radius 3 is 2.57 bits per heavy atom. The SMILES string of the molecule is CCOC(=O)c1nc(CC)n(Cc2nc(C)c(C)o2)c1N. The molecule has 0 fully saturated rings. The summed E-state index contributed by atoms with van der Waals surface area (Å²) in [5.74, 6) is 1.78. The average molecular weight is 292 g/mol. The number of nitrogen functional groups attached to an aromatic ring is 1. The fraction of sp³-hybridized carbons (Fsp3) is 0.500. The van der Waals surface area contributed by atoms with Gasteiger partial charge in [-0.2, -0.15) is 0 Å². The smallest absolute Gasteiger partial charge is 0.360 e. The van der Waals surface area contributed by atoms with Crippen molar-refractivity contribution in [1.82, 2.24) is 14.5 Å². The van der Waals surface area contributed by atoms with Crippen molar-refractivity contribution in [3.8, 4) is 0 Å². The van der Waals surface area contributed by atoms with Crippen molar-refractivity contribution >= 4 is 11.8 Å². The van der Waals surface area contributed by atoms with Crippen LogP contribution < -0.4 is 5.73 Å². The third-order valence-electron chi connectivity index (χ3n) is 3.24. The summed E-state index contributed by atoms with van der Waals surface area (Å²) >= 11 is 0. The lowest BCUT2D eigenvalue weighted by Gasteiger charge is -2.06. The van der Waals surface area contributed by atoms with E-state index in [1.807, 2.05) is 20.8 Å². The number of ether oxygens (including phenoxy) is 1. The Balaban J connectivity index is 2.36. The van der Waals surface area contributed by atoms with Crippen molar-refractivity contribution in [2.24, 2.45) is 0 Å². The minimum atomic E-state index is -0.511. The van der Waals surface area contributed by atoms with Crippen molar-refractivity contribution in [2.45, 2.75) is 40.7 Å². The topological polar surface area (TPSA) is 96.2 Å². The van der Waals surface area contributed by atoms with E-state index in [0.29, 0.717) is 24.7 Å². The number of oxazole rings is 1. The van der Waals surface area contributed by atoms with Gasteiger partial charge in [0.2, 0.25) is 5.89 Å². The zero-order chi connectivity index (χ0) is 15.6. The number of carbonyl (C=O) groups excluding carboxylic acids is 1. The lowest BCUT2D eigenvalue weighted by atomic mass is 10.4. The molecule has 0 spiro atoms. The van der Waals surface area contributed by atoms with E-state index >= 15 is 0 Å². The van der Waals surface area contributed by atoms with Crippen LogP contribution in [0.1, 0.15) is 47.5 Å². The highest BCUT2D eigenvalue weighted by Crippen LogP contribution is 2.19.